The van der Waals surface area contributed by atoms with Crippen molar-refractivity contribution in [2.24, 2.45) is 11.8 Å². The van der Waals surface area contributed by atoms with Crippen molar-refractivity contribution in [3.63, 3.8) is 0 Å². The van der Waals surface area contributed by atoms with Crippen molar-refractivity contribution >= 4 is 5.78 Å². The second-order valence-corrected chi connectivity index (χ2v) is 7.43. The molecule has 5 atom stereocenters. The maximum absolute atomic E-state index is 12.1. The van der Waals surface area contributed by atoms with E-state index in [1.165, 1.54) is 0 Å². The number of carbonyl (C=O) groups excluding carboxylic acids is 1. The van der Waals surface area contributed by atoms with Gasteiger partial charge in [-0.25, -0.2) is 0 Å². The molecule has 0 heterocycles. The zero-order valence-electron chi connectivity index (χ0n) is 15.5. The molecule has 5 nitrogen and oxygen atoms in total. The normalized spacial score (nSPS) is 26.4. The van der Waals surface area contributed by atoms with Crippen LogP contribution in [0.2, 0.25) is 0 Å². The van der Waals surface area contributed by atoms with E-state index in [0.717, 1.165) is 44.9 Å². The molecule has 25 heavy (non-hydrogen) atoms. The quantitative estimate of drug-likeness (QED) is 0.300. The molecular weight excluding hydrogens is 320 g/mol. The molecule has 0 aromatic carbocycles. The molecule has 0 aromatic heterocycles. The van der Waals surface area contributed by atoms with Crippen LogP contribution in [0.25, 0.3) is 0 Å². The third-order valence-corrected chi connectivity index (χ3v) is 5.08. The third kappa shape index (κ3) is 8.95. The van der Waals surface area contributed by atoms with Crippen LogP contribution < -0.4 is 0 Å². The van der Waals surface area contributed by atoms with Crippen molar-refractivity contribution in [1.82, 2.24) is 0 Å². The van der Waals surface area contributed by atoms with Gasteiger partial charge in [-0.05, 0) is 39.0 Å². The Labute approximate surface area is 151 Å². The van der Waals surface area contributed by atoms with Gasteiger partial charge in [0, 0.05) is 24.9 Å². The molecule has 0 radical (unpaired) electrons. The Morgan fingerprint density at radius 2 is 1.76 bits per heavy atom. The maximum atomic E-state index is 12.1. The van der Waals surface area contributed by atoms with Gasteiger partial charge < -0.3 is 20.4 Å². The average Bonchev–Trinajstić information content (AvgIpc) is 2.81. The summed E-state index contributed by atoms with van der Waals surface area (Å²) in [7, 11) is 0. The molecule has 0 unspecified atom stereocenters. The van der Waals surface area contributed by atoms with Crippen molar-refractivity contribution in [2.45, 2.75) is 89.4 Å². The molecule has 5 heteroatoms. The van der Waals surface area contributed by atoms with Gasteiger partial charge in [0.25, 0.3) is 0 Å². The number of aliphatic hydroxyl groups excluding tert-OH is 4. The highest BCUT2D eigenvalue weighted by atomic mass is 16.3. The van der Waals surface area contributed by atoms with Gasteiger partial charge in [0.1, 0.15) is 5.78 Å². The minimum atomic E-state index is -0.646. The van der Waals surface area contributed by atoms with Gasteiger partial charge in [-0.2, -0.15) is 0 Å². The summed E-state index contributed by atoms with van der Waals surface area (Å²) in [5, 5.41) is 38.2. The van der Waals surface area contributed by atoms with E-state index in [4.69, 9.17) is 5.11 Å². The molecular formula is C20H36O5. The molecule has 1 aliphatic carbocycles. The van der Waals surface area contributed by atoms with Gasteiger partial charge in [0.05, 0.1) is 18.3 Å². The highest BCUT2D eigenvalue weighted by molar-refractivity contribution is 5.84. The van der Waals surface area contributed by atoms with Crippen molar-refractivity contribution in [3.05, 3.63) is 12.2 Å². The monoisotopic (exact) mass is 356 g/mol. The zero-order valence-corrected chi connectivity index (χ0v) is 15.5. The highest BCUT2D eigenvalue weighted by Gasteiger charge is 2.39. The molecule has 0 aromatic rings. The average molecular weight is 357 g/mol. The molecule has 0 bridgehead atoms. The first-order chi connectivity index (χ1) is 12.0. The zero-order chi connectivity index (χ0) is 18.7. The SMILES string of the molecule is C[C@H](O)CCC[C@@H](O)/C=C/[C@H]1[C@H](O)CC(=O)[C@@H]1CCCCCCCO. The van der Waals surface area contributed by atoms with Crippen LogP contribution >= 0.6 is 0 Å². The number of ketones is 1. The Kier molecular flexibility index (Phi) is 11.2. The summed E-state index contributed by atoms with van der Waals surface area (Å²) in [6.07, 6.45) is 9.79. The summed E-state index contributed by atoms with van der Waals surface area (Å²) in [5.74, 6) is -0.216. The first-order valence-electron chi connectivity index (χ1n) is 9.81. The highest BCUT2D eigenvalue weighted by Crippen LogP contribution is 2.34. The minimum absolute atomic E-state index is 0.126. The lowest BCUT2D eigenvalue weighted by atomic mass is 9.88. The lowest BCUT2D eigenvalue weighted by Crippen LogP contribution is -2.19. The van der Waals surface area contributed by atoms with Crippen LogP contribution in [-0.4, -0.2) is 51.1 Å². The Bertz CT molecular complexity index is 394. The fraction of sp³-hybridized carbons (Fsp3) is 0.850. The molecule has 0 aliphatic heterocycles. The van der Waals surface area contributed by atoms with Gasteiger partial charge in [-0.15, -0.1) is 0 Å². The summed E-state index contributed by atoms with van der Waals surface area (Å²) in [6, 6.07) is 0. The Morgan fingerprint density at radius 3 is 2.44 bits per heavy atom. The van der Waals surface area contributed by atoms with Crippen LogP contribution in [0, 0.1) is 11.8 Å². The standard InChI is InChI=1S/C20H36O5/c1-15(22)8-7-9-16(23)11-12-18-17(19(24)14-20(18)25)10-5-3-2-4-6-13-21/h11-12,15-18,20-23,25H,2-10,13-14H2,1H3/b12-11+/t15-,16+,17+,18+,20+/m0/s1. The molecule has 4 N–H and O–H groups in total. The van der Waals surface area contributed by atoms with E-state index >= 15 is 0 Å². The second-order valence-electron chi connectivity index (χ2n) is 7.43. The lowest BCUT2D eigenvalue weighted by molar-refractivity contribution is -0.121. The maximum Gasteiger partial charge on any atom is 0.139 e. The van der Waals surface area contributed by atoms with E-state index in [0.29, 0.717) is 12.8 Å². The number of carbonyl (C=O) groups is 1. The molecule has 1 aliphatic rings. The van der Waals surface area contributed by atoms with Crippen LogP contribution in [0.3, 0.4) is 0 Å². The largest absolute Gasteiger partial charge is 0.396 e. The van der Waals surface area contributed by atoms with Crippen LogP contribution in [0.1, 0.15) is 71.1 Å². The summed E-state index contributed by atoms with van der Waals surface area (Å²) in [4.78, 5) is 12.1. The Balaban J connectivity index is 2.40. The molecule has 146 valence electrons. The third-order valence-electron chi connectivity index (χ3n) is 5.08. The van der Waals surface area contributed by atoms with E-state index in [-0.39, 0.29) is 36.8 Å². The fourth-order valence-corrected chi connectivity index (χ4v) is 3.57. The van der Waals surface area contributed by atoms with Crippen molar-refractivity contribution < 1.29 is 25.2 Å². The fourth-order valence-electron chi connectivity index (χ4n) is 3.57. The number of unbranched alkanes of at least 4 members (excludes halogenated alkanes) is 4. The first-order valence-corrected chi connectivity index (χ1v) is 9.81. The van der Waals surface area contributed by atoms with Crippen LogP contribution in [-0.2, 0) is 4.79 Å². The van der Waals surface area contributed by atoms with E-state index in [1.54, 1.807) is 13.0 Å². The molecule has 1 rings (SSSR count). The van der Waals surface area contributed by atoms with Gasteiger partial charge in [0.2, 0.25) is 0 Å². The van der Waals surface area contributed by atoms with E-state index in [2.05, 4.69) is 0 Å². The van der Waals surface area contributed by atoms with Gasteiger partial charge in [-0.1, -0.05) is 37.8 Å². The first kappa shape index (κ1) is 22.3. The predicted octanol–water partition coefficient (Wildman–Crippen LogP) is 2.35. The Morgan fingerprint density at radius 1 is 1.08 bits per heavy atom. The summed E-state index contributed by atoms with van der Waals surface area (Å²) >= 11 is 0. The molecule has 0 spiro atoms. The summed E-state index contributed by atoms with van der Waals surface area (Å²) < 4.78 is 0. The molecule has 0 saturated heterocycles. The summed E-state index contributed by atoms with van der Waals surface area (Å²) in [6.45, 7) is 1.97. The van der Waals surface area contributed by atoms with E-state index in [1.807, 2.05) is 6.08 Å². The second kappa shape index (κ2) is 12.6. The Hall–Kier alpha value is -0.750. The number of aliphatic hydroxyl groups is 4. The minimum Gasteiger partial charge on any atom is -0.396 e. The number of rotatable bonds is 13. The van der Waals surface area contributed by atoms with Crippen LogP contribution in [0.4, 0.5) is 0 Å². The number of hydrogen-bond donors (Lipinski definition) is 4. The van der Waals surface area contributed by atoms with Crippen LogP contribution in [0.15, 0.2) is 12.2 Å². The predicted molar refractivity (Wildman–Crippen MR) is 98.1 cm³/mol. The molecule has 1 fully saturated rings. The number of hydrogen-bond acceptors (Lipinski definition) is 5. The molecule has 1 saturated carbocycles. The van der Waals surface area contributed by atoms with E-state index in [9.17, 15) is 20.1 Å². The molecule has 0 amide bonds. The van der Waals surface area contributed by atoms with Gasteiger partial charge in [0.15, 0.2) is 0 Å². The van der Waals surface area contributed by atoms with E-state index < -0.39 is 12.2 Å². The lowest BCUT2D eigenvalue weighted by Gasteiger charge is -2.18. The topological polar surface area (TPSA) is 98.0 Å². The van der Waals surface area contributed by atoms with Gasteiger partial charge in [-0.3, -0.25) is 4.79 Å². The van der Waals surface area contributed by atoms with Crippen LogP contribution in [0.5, 0.6) is 0 Å². The van der Waals surface area contributed by atoms with Crippen molar-refractivity contribution in [3.8, 4) is 0 Å². The smallest absolute Gasteiger partial charge is 0.139 e. The van der Waals surface area contributed by atoms with Gasteiger partial charge >= 0.3 is 0 Å². The van der Waals surface area contributed by atoms with Crippen molar-refractivity contribution in [2.75, 3.05) is 6.61 Å². The summed E-state index contributed by atoms with van der Waals surface area (Å²) in [5.41, 5.74) is 0. The van der Waals surface area contributed by atoms with Crippen molar-refractivity contribution in [1.29, 1.82) is 0 Å². The number of Topliss-reactive ketones (excluding diaryl/α,β-unsaturated/α-hetero) is 1.